The normalized spacial score (nSPS) is 18.8. The smallest absolute Gasteiger partial charge is 0.253 e. The number of hydrogen-bond acceptors (Lipinski definition) is 42. The molecule has 0 radical (unpaired) electrons. The molecule has 2 fully saturated rings. The summed E-state index contributed by atoms with van der Waals surface area (Å²) in [5, 5.41) is 113. The SMILES string of the molecule is N/C(=C\N(N)CCOCCOCCNC(=O)CCC(CCC(=O)NCCOCCOCCN(N)/C=C(\N)CCc1nnc(N[C@H]2CO[C@H](CO)[C@H](O)[C@@H]2O)s1)(CCC(=O)NCCOCCOCCN(N)/C=C(\N)CCc1nnc(N[C@H]2CO[C@H](CO)[C@H](O)[C@@H]2O)s1)NC(=O)CCCCCCCCCCC(=O)NCCN1C(=O)C=CC1=O)CCc1nnc(N)s1. The highest BCUT2D eigenvalue weighted by atomic mass is 32.1. The number of anilines is 3. The molecule has 3 aromatic rings. The molecular weight excluding hydrogens is 1680 g/mol. The number of nitrogens with two attached hydrogens (primary N) is 7. The fourth-order valence-corrected chi connectivity index (χ4v) is 15.0. The molecule has 700 valence electrons. The van der Waals surface area contributed by atoms with Gasteiger partial charge in [-0.25, -0.2) is 17.5 Å². The van der Waals surface area contributed by atoms with Gasteiger partial charge in [0.15, 0.2) is 0 Å². The number of nitrogens with one attached hydrogen (secondary N) is 7. The topological polar surface area (TPSA) is 671 Å². The van der Waals surface area contributed by atoms with Crippen LogP contribution in [0, 0.1) is 0 Å². The van der Waals surface area contributed by atoms with Gasteiger partial charge >= 0.3 is 0 Å². The number of aryl methyl sites for hydroxylation is 3. The highest BCUT2D eigenvalue weighted by Crippen LogP contribution is 2.29. The van der Waals surface area contributed by atoms with Gasteiger partial charge in [0, 0.05) is 137 Å². The summed E-state index contributed by atoms with van der Waals surface area (Å²) < 4.78 is 45.2. The van der Waals surface area contributed by atoms with Gasteiger partial charge in [0.25, 0.3) is 11.8 Å². The summed E-state index contributed by atoms with van der Waals surface area (Å²) in [6.45, 7) is 3.63. The van der Waals surface area contributed by atoms with Crippen molar-refractivity contribution >= 4 is 90.8 Å². The molecule has 3 aliphatic heterocycles. The lowest BCUT2D eigenvalue weighted by molar-refractivity contribution is -0.152. The second-order valence-electron chi connectivity index (χ2n) is 29.8. The molecule has 27 N–H and O–H groups in total. The van der Waals surface area contributed by atoms with Crippen LogP contribution in [0.15, 0.2) is 47.8 Å². The summed E-state index contributed by atoms with van der Waals surface area (Å²) in [4.78, 5) is 92.3. The maximum Gasteiger partial charge on any atom is 0.253 e. The molecule has 45 nitrogen and oxygen atoms in total. The first-order chi connectivity index (χ1) is 59.8. The second-order valence-corrected chi connectivity index (χ2v) is 33.0. The minimum atomic E-state index is -1.26. The number of allylic oxidation sites excluding steroid dienone is 3. The Kier molecular flexibility index (Phi) is 50.8. The third kappa shape index (κ3) is 43.2. The molecule has 0 unspecified atom stereocenters. The zero-order chi connectivity index (χ0) is 89.7. The first-order valence-corrected chi connectivity index (χ1v) is 44.5. The van der Waals surface area contributed by atoms with Gasteiger partial charge in [0.1, 0.15) is 51.6 Å². The first-order valence-electron chi connectivity index (χ1n) is 42.0. The van der Waals surface area contributed by atoms with Gasteiger partial charge in [-0.3, -0.25) is 38.5 Å². The number of carbonyl (C=O) groups is 7. The number of carbonyl (C=O) groups excluding carboxylic acids is 7. The molecule has 2 saturated heterocycles. The number of hydrazine groups is 3. The maximum atomic E-state index is 14.1. The van der Waals surface area contributed by atoms with Gasteiger partial charge in [-0.15, -0.1) is 30.6 Å². The second kappa shape index (κ2) is 60.3. The molecule has 3 aliphatic rings. The van der Waals surface area contributed by atoms with Gasteiger partial charge in [-0.1, -0.05) is 72.5 Å². The van der Waals surface area contributed by atoms with Gasteiger partial charge in [-0.2, -0.15) is 0 Å². The highest BCUT2D eigenvalue weighted by Gasteiger charge is 2.40. The number of rotatable bonds is 69. The van der Waals surface area contributed by atoms with Gasteiger partial charge in [0.2, 0.25) is 44.9 Å². The molecule has 0 aromatic carbocycles. The van der Waals surface area contributed by atoms with Crippen LogP contribution in [0.4, 0.5) is 15.4 Å². The van der Waals surface area contributed by atoms with Gasteiger partial charge in [-0.05, 0) is 51.4 Å². The number of nitrogens with zero attached hydrogens (tertiary/aromatic N) is 10. The zero-order valence-corrected chi connectivity index (χ0v) is 73.0. The summed E-state index contributed by atoms with van der Waals surface area (Å²) in [6.07, 6.45) is 10.4. The number of aliphatic hydroxyl groups excluding tert-OH is 6. The van der Waals surface area contributed by atoms with E-state index in [-0.39, 0.29) is 193 Å². The Balaban J connectivity index is 0.945. The number of imide groups is 1. The summed E-state index contributed by atoms with van der Waals surface area (Å²) in [5.74, 6) is 16.2. The molecule has 3 aromatic heterocycles. The monoisotopic (exact) mass is 1810 g/mol. The number of amides is 7. The summed E-state index contributed by atoms with van der Waals surface area (Å²) >= 11 is 3.82. The van der Waals surface area contributed by atoms with Crippen molar-refractivity contribution in [3.8, 4) is 0 Å². The molecule has 48 heteroatoms. The molecule has 6 rings (SSSR count). The number of aromatic nitrogens is 6. The third-order valence-corrected chi connectivity index (χ3v) is 22.5. The number of hydrogen-bond donors (Lipinski definition) is 20. The van der Waals surface area contributed by atoms with Crippen molar-refractivity contribution in [1.82, 2.24) is 77.1 Å². The molecular formula is C76H132N24O21S3. The average molecular weight is 1810 g/mol. The van der Waals surface area contributed by atoms with Crippen LogP contribution >= 0.6 is 34.0 Å². The molecule has 124 heavy (non-hydrogen) atoms. The number of nitrogen functional groups attached to an aromatic ring is 1. The fourth-order valence-electron chi connectivity index (χ4n) is 12.8. The Labute approximate surface area is 733 Å². The molecule has 6 heterocycles. The van der Waals surface area contributed by atoms with Crippen molar-refractivity contribution in [1.29, 1.82) is 0 Å². The zero-order valence-electron chi connectivity index (χ0n) is 70.6. The van der Waals surface area contributed by atoms with Crippen molar-refractivity contribution in [3.05, 3.63) is 62.9 Å². The van der Waals surface area contributed by atoms with Crippen LogP contribution < -0.4 is 77.7 Å². The van der Waals surface area contributed by atoms with Gasteiger partial charge < -0.3 is 144 Å². The lowest BCUT2D eigenvalue weighted by Crippen LogP contribution is -2.56. The minimum Gasteiger partial charge on any atom is -0.401 e. The van der Waals surface area contributed by atoms with Crippen molar-refractivity contribution in [2.75, 3.05) is 174 Å². The molecule has 7 amide bonds. The predicted molar refractivity (Wildman–Crippen MR) is 459 cm³/mol. The van der Waals surface area contributed by atoms with E-state index in [2.05, 4.69) is 67.8 Å². The Bertz CT molecular complexity index is 3570. The predicted octanol–water partition coefficient (Wildman–Crippen LogP) is -3.68. The quantitative estimate of drug-likeness (QED) is 0.0112. The Morgan fingerprint density at radius 3 is 1.16 bits per heavy atom. The highest BCUT2D eigenvalue weighted by molar-refractivity contribution is 7.15. The van der Waals surface area contributed by atoms with Crippen LogP contribution in [-0.4, -0.2) is 335 Å². The van der Waals surface area contributed by atoms with Crippen LogP contribution in [0.5, 0.6) is 0 Å². The largest absolute Gasteiger partial charge is 0.401 e. The number of aliphatic hydroxyl groups is 6. The van der Waals surface area contributed by atoms with Crippen molar-refractivity contribution in [3.63, 3.8) is 0 Å². The van der Waals surface area contributed by atoms with E-state index in [0.717, 1.165) is 48.4 Å². The molecule has 0 bridgehead atoms. The summed E-state index contributed by atoms with van der Waals surface area (Å²) in [7, 11) is 0. The molecule has 0 spiro atoms. The third-order valence-electron chi connectivity index (χ3n) is 19.9. The maximum absolute atomic E-state index is 14.1. The Morgan fingerprint density at radius 1 is 0.452 bits per heavy atom. The summed E-state index contributed by atoms with van der Waals surface area (Å²) in [5.41, 5.74) is 24.6. The lowest BCUT2D eigenvalue weighted by atomic mass is 9.82. The van der Waals surface area contributed by atoms with Crippen molar-refractivity contribution < 1.29 is 102 Å². The van der Waals surface area contributed by atoms with E-state index in [4.69, 9.17) is 78.4 Å². The molecule has 8 atom stereocenters. The molecule has 0 aliphatic carbocycles. The van der Waals surface area contributed by atoms with E-state index in [0.29, 0.717) is 127 Å². The van der Waals surface area contributed by atoms with E-state index < -0.39 is 79.3 Å². The van der Waals surface area contributed by atoms with E-state index in [1.165, 1.54) is 61.2 Å². The van der Waals surface area contributed by atoms with Crippen LogP contribution in [0.3, 0.4) is 0 Å². The lowest BCUT2D eigenvalue weighted by Gasteiger charge is -2.36. The van der Waals surface area contributed by atoms with Crippen LogP contribution in [-0.2, 0) is 90.7 Å². The van der Waals surface area contributed by atoms with Gasteiger partial charge in [0.05, 0.1) is 137 Å². The number of unbranched alkanes of at least 4 members (excludes halogenated alkanes) is 7. The van der Waals surface area contributed by atoms with E-state index in [1.54, 1.807) is 18.6 Å². The van der Waals surface area contributed by atoms with Crippen LogP contribution in [0.1, 0.15) is 137 Å². The molecule has 0 saturated carbocycles. The number of ether oxygens (including phenoxy) is 8. The Hall–Kier alpha value is -8.35. The van der Waals surface area contributed by atoms with Crippen molar-refractivity contribution in [2.24, 2.45) is 34.7 Å². The van der Waals surface area contributed by atoms with Crippen molar-refractivity contribution in [2.45, 2.75) is 196 Å². The van der Waals surface area contributed by atoms with E-state index in [9.17, 15) is 64.2 Å². The fraction of sp³-hybridized carbons (Fsp3) is 0.724. The first kappa shape index (κ1) is 104. The Morgan fingerprint density at radius 2 is 0.790 bits per heavy atom. The van der Waals surface area contributed by atoms with E-state index >= 15 is 0 Å². The van der Waals surface area contributed by atoms with E-state index in [1.807, 2.05) is 0 Å². The van der Waals surface area contributed by atoms with Crippen LogP contribution in [0.25, 0.3) is 0 Å². The average Bonchev–Trinajstić information content (AvgIpc) is 1.19. The standard InChI is InChI=1S/C76H132N24O21S3/c77-52(11-14-64-91-94-73(80)122-64)45-97(81)30-36-117-42-39-114-33-26-85-60(104)19-22-76(90-63(107)10-8-6-4-2-1-3-5-7-9-59(103)84-25-29-100-67(108)17-18-68(100)109,23-20-61(105)86-27-34-115-40-43-118-37-31-98(82)46-53(78)12-15-65-92-95-74(123-65)88-55-50-120-57(48-101)71(112)69(55)110)24-21-62(106)87-28-35-116-41-44-119-38-32-99(83)47-54(79)13-16-66-93-96-75(124-66)89-56-51-121-58(49-102)72(113)70(56)111/h17-18,45-47,55-58,69-72,101-102,110-113H,1-16,19-44,48-51,77-79,81-83H2,(H2,80,94)(H,84,103)(H,85,104)(H,86,105)(H,87,106)(H,88,95)(H,89,96)(H,90,107)/b52-45-,53-46-,54-47-/t55-,56-,57+,58+,69+,70+,71-,72-/m0/s1. The van der Waals surface area contributed by atoms with Crippen LogP contribution in [0.2, 0.25) is 0 Å². The minimum absolute atomic E-state index is 0.0566. The summed E-state index contributed by atoms with van der Waals surface area (Å²) in [6, 6.07) is -1.30.